The molecule has 0 atom stereocenters. The van der Waals surface area contributed by atoms with Crippen LogP contribution in [0.5, 0.6) is 0 Å². The third-order valence-electron chi connectivity index (χ3n) is 2.89. The number of rotatable bonds is 2. The summed E-state index contributed by atoms with van der Waals surface area (Å²) in [5, 5.41) is 0. The fourth-order valence-electron chi connectivity index (χ4n) is 1.91. The summed E-state index contributed by atoms with van der Waals surface area (Å²) in [6, 6.07) is 15.0. The maximum absolute atomic E-state index is 5.63. The van der Waals surface area contributed by atoms with E-state index in [1.165, 1.54) is 27.8 Å². The molecule has 82 valence electrons. The quantitative estimate of drug-likeness (QED) is 0.809. The Labute approximate surface area is 96.9 Å². The number of nitrogens with two attached hydrogens (primary N) is 1. The van der Waals surface area contributed by atoms with Crippen molar-refractivity contribution in [1.29, 1.82) is 0 Å². The van der Waals surface area contributed by atoms with Crippen molar-refractivity contribution in [3.8, 4) is 11.1 Å². The van der Waals surface area contributed by atoms with Crippen LogP contribution in [-0.2, 0) is 6.54 Å². The van der Waals surface area contributed by atoms with Gasteiger partial charge in [0.05, 0.1) is 0 Å². The molecule has 1 nitrogen and oxygen atoms in total. The predicted octanol–water partition coefficient (Wildman–Crippen LogP) is 3.43. The van der Waals surface area contributed by atoms with Crippen LogP contribution in [0.1, 0.15) is 16.7 Å². The van der Waals surface area contributed by atoms with E-state index in [4.69, 9.17) is 5.73 Å². The number of hydrogen-bond donors (Lipinski definition) is 1. The van der Waals surface area contributed by atoms with Gasteiger partial charge in [-0.3, -0.25) is 0 Å². The highest BCUT2D eigenvalue weighted by molar-refractivity contribution is 5.67. The van der Waals surface area contributed by atoms with E-state index in [9.17, 15) is 0 Å². The lowest BCUT2D eigenvalue weighted by atomic mass is 9.98. The number of hydrogen-bond acceptors (Lipinski definition) is 1. The molecule has 0 aromatic heterocycles. The molecule has 2 rings (SSSR count). The van der Waals surface area contributed by atoms with Crippen LogP contribution in [0, 0.1) is 13.8 Å². The Kier molecular flexibility index (Phi) is 3.07. The molecule has 0 aliphatic carbocycles. The molecular formula is C15H17N. The summed E-state index contributed by atoms with van der Waals surface area (Å²) in [5.74, 6) is 0. The lowest BCUT2D eigenvalue weighted by Gasteiger charge is -2.08. The van der Waals surface area contributed by atoms with Gasteiger partial charge in [0.2, 0.25) is 0 Å². The van der Waals surface area contributed by atoms with Gasteiger partial charge in [0, 0.05) is 6.54 Å². The van der Waals surface area contributed by atoms with Crippen LogP contribution in [0.3, 0.4) is 0 Å². The molecule has 2 aromatic carbocycles. The lowest BCUT2D eigenvalue weighted by Crippen LogP contribution is -1.96. The van der Waals surface area contributed by atoms with Gasteiger partial charge in [0.1, 0.15) is 0 Å². The van der Waals surface area contributed by atoms with E-state index in [2.05, 4.69) is 56.3 Å². The summed E-state index contributed by atoms with van der Waals surface area (Å²) in [5.41, 5.74) is 12.0. The summed E-state index contributed by atoms with van der Waals surface area (Å²) in [7, 11) is 0. The van der Waals surface area contributed by atoms with E-state index < -0.39 is 0 Å². The standard InChI is InChI=1S/C15H17N/c1-11-3-6-14(7-4-11)15-8-5-13(10-16)9-12(15)2/h3-9H,10,16H2,1-2H3. The second-order valence-electron chi connectivity index (χ2n) is 4.22. The smallest absolute Gasteiger partial charge is 0.0178 e. The van der Waals surface area contributed by atoms with Crippen molar-refractivity contribution >= 4 is 0 Å². The first-order chi connectivity index (χ1) is 7.70. The van der Waals surface area contributed by atoms with Gasteiger partial charge in [0.15, 0.2) is 0 Å². The van der Waals surface area contributed by atoms with Crippen molar-refractivity contribution in [2.75, 3.05) is 0 Å². The molecule has 0 saturated carbocycles. The zero-order valence-corrected chi connectivity index (χ0v) is 9.83. The van der Waals surface area contributed by atoms with Crippen molar-refractivity contribution in [1.82, 2.24) is 0 Å². The van der Waals surface area contributed by atoms with Crippen molar-refractivity contribution < 1.29 is 0 Å². The average molecular weight is 211 g/mol. The molecule has 0 aliphatic heterocycles. The van der Waals surface area contributed by atoms with E-state index in [1.807, 2.05) is 0 Å². The Morgan fingerprint density at radius 1 is 0.938 bits per heavy atom. The van der Waals surface area contributed by atoms with E-state index in [0.717, 1.165) is 0 Å². The fraction of sp³-hybridized carbons (Fsp3) is 0.200. The second-order valence-corrected chi connectivity index (χ2v) is 4.22. The highest BCUT2D eigenvalue weighted by Crippen LogP contribution is 2.24. The van der Waals surface area contributed by atoms with Gasteiger partial charge in [-0.2, -0.15) is 0 Å². The molecule has 0 saturated heterocycles. The first-order valence-electron chi connectivity index (χ1n) is 5.57. The summed E-state index contributed by atoms with van der Waals surface area (Å²) in [6.07, 6.45) is 0. The molecule has 0 fully saturated rings. The van der Waals surface area contributed by atoms with Crippen LogP contribution >= 0.6 is 0 Å². The zero-order chi connectivity index (χ0) is 11.5. The minimum absolute atomic E-state index is 0.606. The summed E-state index contributed by atoms with van der Waals surface area (Å²) >= 11 is 0. The molecule has 1 heteroatoms. The van der Waals surface area contributed by atoms with Crippen LogP contribution in [0.15, 0.2) is 42.5 Å². The van der Waals surface area contributed by atoms with Gasteiger partial charge in [-0.05, 0) is 36.1 Å². The predicted molar refractivity (Wildman–Crippen MR) is 69.2 cm³/mol. The molecule has 2 N–H and O–H groups in total. The lowest BCUT2D eigenvalue weighted by molar-refractivity contribution is 1.07. The van der Waals surface area contributed by atoms with Gasteiger partial charge in [-0.15, -0.1) is 0 Å². The molecular weight excluding hydrogens is 194 g/mol. The minimum atomic E-state index is 0.606. The third kappa shape index (κ3) is 2.15. The van der Waals surface area contributed by atoms with Crippen molar-refractivity contribution in [3.05, 3.63) is 59.2 Å². The Morgan fingerprint density at radius 2 is 1.62 bits per heavy atom. The highest BCUT2D eigenvalue weighted by atomic mass is 14.5. The van der Waals surface area contributed by atoms with Crippen LogP contribution in [0.2, 0.25) is 0 Å². The molecule has 0 bridgehead atoms. The van der Waals surface area contributed by atoms with Crippen molar-refractivity contribution in [3.63, 3.8) is 0 Å². The van der Waals surface area contributed by atoms with Gasteiger partial charge < -0.3 is 5.73 Å². The summed E-state index contributed by atoms with van der Waals surface area (Å²) in [6.45, 7) is 4.84. The van der Waals surface area contributed by atoms with Crippen LogP contribution < -0.4 is 5.73 Å². The first kappa shape index (κ1) is 10.9. The zero-order valence-electron chi connectivity index (χ0n) is 9.83. The monoisotopic (exact) mass is 211 g/mol. The number of benzene rings is 2. The van der Waals surface area contributed by atoms with E-state index >= 15 is 0 Å². The van der Waals surface area contributed by atoms with Gasteiger partial charge in [-0.25, -0.2) is 0 Å². The van der Waals surface area contributed by atoms with Gasteiger partial charge >= 0.3 is 0 Å². The number of aryl methyl sites for hydroxylation is 2. The molecule has 0 aliphatic rings. The first-order valence-corrected chi connectivity index (χ1v) is 5.57. The Hall–Kier alpha value is -1.60. The molecule has 0 radical (unpaired) electrons. The van der Waals surface area contributed by atoms with E-state index in [0.29, 0.717) is 6.54 Å². The maximum atomic E-state index is 5.63. The van der Waals surface area contributed by atoms with Crippen molar-refractivity contribution in [2.24, 2.45) is 5.73 Å². The Bertz CT molecular complexity index is 483. The van der Waals surface area contributed by atoms with Gasteiger partial charge in [0.25, 0.3) is 0 Å². The van der Waals surface area contributed by atoms with E-state index in [1.54, 1.807) is 0 Å². The largest absolute Gasteiger partial charge is 0.326 e. The molecule has 0 unspecified atom stereocenters. The normalized spacial score (nSPS) is 10.4. The van der Waals surface area contributed by atoms with Crippen LogP contribution in [0.25, 0.3) is 11.1 Å². The summed E-state index contributed by atoms with van der Waals surface area (Å²) < 4.78 is 0. The van der Waals surface area contributed by atoms with Crippen LogP contribution in [0.4, 0.5) is 0 Å². The van der Waals surface area contributed by atoms with Gasteiger partial charge in [-0.1, -0.05) is 48.0 Å². The topological polar surface area (TPSA) is 26.0 Å². The Balaban J connectivity index is 2.44. The molecule has 16 heavy (non-hydrogen) atoms. The van der Waals surface area contributed by atoms with Crippen LogP contribution in [-0.4, -0.2) is 0 Å². The second kappa shape index (κ2) is 4.50. The Morgan fingerprint density at radius 3 is 2.19 bits per heavy atom. The third-order valence-corrected chi connectivity index (χ3v) is 2.89. The maximum Gasteiger partial charge on any atom is 0.0178 e. The minimum Gasteiger partial charge on any atom is -0.326 e. The van der Waals surface area contributed by atoms with E-state index in [-0.39, 0.29) is 0 Å². The highest BCUT2D eigenvalue weighted by Gasteiger charge is 2.02. The SMILES string of the molecule is Cc1ccc(-c2ccc(CN)cc2C)cc1. The molecule has 0 heterocycles. The summed E-state index contributed by atoms with van der Waals surface area (Å²) in [4.78, 5) is 0. The molecule has 0 spiro atoms. The molecule has 0 amide bonds. The van der Waals surface area contributed by atoms with Crippen molar-refractivity contribution in [2.45, 2.75) is 20.4 Å². The molecule has 2 aromatic rings. The fourth-order valence-corrected chi connectivity index (χ4v) is 1.91. The average Bonchev–Trinajstić information content (AvgIpc) is 2.30.